The molecule has 0 unspecified atom stereocenters. The van der Waals surface area contributed by atoms with E-state index in [1.165, 1.54) is 0 Å². The molecule has 0 saturated carbocycles. The number of pyridine rings is 1. The molecule has 0 atom stereocenters. The number of hydrogen-bond donors (Lipinski definition) is 0. The first-order valence-electron chi connectivity index (χ1n) is 2.43. The molecule has 0 aliphatic rings. The van der Waals surface area contributed by atoms with E-state index >= 15 is 0 Å². The van der Waals surface area contributed by atoms with Crippen LogP contribution in [0.2, 0.25) is 0 Å². The van der Waals surface area contributed by atoms with E-state index in [4.69, 9.17) is 4.79 Å². The molecule has 0 aromatic carbocycles. The maximum absolute atomic E-state index is 8.98. The Balaban J connectivity index is 0.000000180. The Morgan fingerprint density at radius 2 is 1.50 bits per heavy atom. The van der Waals surface area contributed by atoms with Gasteiger partial charge in [-0.15, -0.1) is 0 Å². The van der Waals surface area contributed by atoms with E-state index in [1.807, 2.05) is 18.2 Å². The second-order valence-electron chi connectivity index (χ2n) is 1.25. The van der Waals surface area contributed by atoms with Gasteiger partial charge in [0.2, 0.25) is 0 Å². The van der Waals surface area contributed by atoms with Gasteiger partial charge in [0.25, 0.3) is 0 Å². The summed E-state index contributed by atoms with van der Waals surface area (Å²) in [6.45, 7) is 0. The van der Waals surface area contributed by atoms with Gasteiger partial charge in [0.15, 0.2) is 0 Å². The summed E-state index contributed by atoms with van der Waals surface area (Å²) in [4.78, 5) is 12.8. The summed E-state index contributed by atoms with van der Waals surface area (Å²) in [5.41, 5.74) is 0. The third-order valence-electron chi connectivity index (χ3n) is 0.566. The first-order chi connectivity index (χ1) is 4.73. The molecule has 1 aromatic rings. The second kappa shape index (κ2) is 6.52. The van der Waals surface area contributed by atoms with E-state index in [9.17, 15) is 0 Å². The zero-order valence-corrected chi connectivity index (χ0v) is 6.51. The third-order valence-corrected chi connectivity index (χ3v) is 0.566. The van der Waals surface area contributed by atoms with Crippen LogP contribution in [0.4, 0.5) is 4.79 Å². The molecule has 2 nitrogen and oxygen atoms in total. The summed E-state index contributed by atoms with van der Waals surface area (Å²) >= 11 is 8.80. The van der Waals surface area contributed by atoms with Gasteiger partial charge >= 0.3 is 4.70 Å². The molecule has 0 spiro atoms. The average molecular weight is 178 g/mol. The van der Waals surface area contributed by atoms with Crippen molar-refractivity contribution < 1.29 is 4.79 Å². The topological polar surface area (TPSA) is 30.0 Å². The summed E-state index contributed by atoms with van der Waals surface area (Å²) in [5, 5.41) is 0. The van der Waals surface area contributed by atoms with Crippen LogP contribution in [0.3, 0.4) is 0 Å². The van der Waals surface area contributed by atoms with Crippen LogP contribution >= 0.6 is 23.2 Å². The van der Waals surface area contributed by atoms with Gasteiger partial charge in [0.1, 0.15) is 0 Å². The lowest BCUT2D eigenvalue weighted by atomic mass is 10.5. The van der Waals surface area contributed by atoms with Gasteiger partial charge in [-0.05, 0) is 35.3 Å². The Morgan fingerprint density at radius 1 is 1.10 bits per heavy atom. The smallest absolute Gasteiger partial charge is 0.265 e. The normalized spacial score (nSPS) is 7.40. The van der Waals surface area contributed by atoms with Gasteiger partial charge in [0.05, 0.1) is 0 Å². The monoisotopic (exact) mass is 177 g/mol. The molecular weight excluding hydrogens is 173 g/mol. The lowest BCUT2D eigenvalue weighted by molar-refractivity contribution is 0.275. The van der Waals surface area contributed by atoms with Crippen molar-refractivity contribution in [2.75, 3.05) is 0 Å². The highest BCUT2D eigenvalue weighted by molar-refractivity contribution is 6.93. The Kier molecular flexibility index (Phi) is 6.13. The van der Waals surface area contributed by atoms with E-state index in [0.29, 0.717) is 0 Å². The third kappa shape index (κ3) is 10.4. The van der Waals surface area contributed by atoms with E-state index in [-0.39, 0.29) is 0 Å². The molecule has 1 rings (SSSR count). The highest BCUT2D eigenvalue weighted by Crippen LogP contribution is 1.84. The van der Waals surface area contributed by atoms with Crippen LogP contribution in [0, 0.1) is 0 Å². The first kappa shape index (κ1) is 9.40. The van der Waals surface area contributed by atoms with Crippen LogP contribution in [0.1, 0.15) is 0 Å². The van der Waals surface area contributed by atoms with Crippen LogP contribution < -0.4 is 0 Å². The number of carbonyl (C=O) groups is 1. The van der Waals surface area contributed by atoms with Crippen molar-refractivity contribution in [1.82, 2.24) is 4.98 Å². The lowest BCUT2D eigenvalue weighted by Gasteiger charge is -1.70. The summed E-state index contributed by atoms with van der Waals surface area (Å²) < 4.78 is -0.889. The Hall–Kier alpha value is -0.600. The van der Waals surface area contributed by atoms with Crippen LogP contribution in [0.5, 0.6) is 0 Å². The largest absolute Gasteiger partial charge is 0.313 e. The molecule has 1 aromatic heterocycles. The van der Waals surface area contributed by atoms with E-state index < -0.39 is 4.70 Å². The molecular formula is C6H5Cl2NO. The van der Waals surface area contributed by atoms with Gasteiger partial charge in [0, 0.05) is 12.4 Å². The minimum atomic E-state index is -0.889. The Bertz CT molecular complexity index is 148. The van der Waals surface area contributed by atoms with Crippen molar-refractivity contribution in [2.45, 2.75) is 0 Å². The molecule has 10 heavy (non-hydrogen) atoms. The molecule has 0 N–H and O–H groups in total. The Labute approximate surface area is 68.8 Å². The fraction of sp³-hybridized carbons (Fsp3) is 0. The minimum absolute atomic E-state index is 0.889. The van der Waals surface area contributed by atoms with E-state index in [2.05, 4.69) is 28.2 Å². The number of nitrogens with zero attached hydrogens (tertiary/aromatic N) is 1. The molecule has 0 saturated heterocycles. The standard InChI is InChI=1S/C5H5N.CCl2O/c1-2-4-6-5-3-1;2-1(3)4/h1-5H;. The molecule has 0 radical (unpaired) electrons. The molecule has 0 aliphatic heterocycles. The van der Waals surface area contributed by atoms with Crippen molar-refractivity contribution >= 4 is 27.9 Å². The number of aromatic nitrogens is 1. The lowest BCUT2D eigenvalue weighted by Crippen LogP contribution is -1.58. The predicted molar refractivity (Wildman–Crippen MR) is 41.3 cm³/mol. The van der Waals surface area contributed by atoms with Crippen LogP contribution in [0.25, 0.3) is 0 Å². The highest BCUT2D eigenvalue weighted by Gasteiger charge is 1.72. The fourth-order valence-electron chi connectivity index (χ4n) is 0.313. The van der Waals surface area contributed by atoms with Crippen molar-refractivity contribution in [3.63, 3.8) is 0 Å². The molecule has 54 valence electrons. The number of hydrogen-bond acceptors (Lipinski definition) is 2. The van der Waals surface area contributed by atoms with Crippen LogP contribution in [-0.4, -0.2) is 9.69 Å². The molecule has 1 heterocycles. The van der Waals surface area contributed by atoms with Crippen molar-refractivity contribution in [2.24, 2.45) is 0 Å². The number of rotatable bonds is 0. The zero-order valence-electron chi connectivity index (χ0n) is 5.00. The second-order valence-corrected chi connectivity index (χ2v) is 2.13. The summed E-state index contributed by atoms with van der Waals surface area (Å²) in [5.74, 6) is 0. The van der Waals surface area contributed by atoms with Crippen molar-refractivity contribution in [3.05, 3.63) is 30.6 Å². The van der Waals surface area contributed by atoms with Gasteiger partial charge < -0.3 is 0 Å². The first-order valence-corrected chi connectivity index (χ1v) is 3.19. The number of carbonyl (C=O) groups excluding carboxylic acids is 1. The van der Waals surface area contributed by atoms with E-state index in [1.54, 1.807) is 12.4 Å². The quantitative estimate of drug-likeness (QED) is 0.571. The van der Waals surface area contributed by atoms with Gasteiger partial charge in [-0.1, -0.05) is 6.07 Å². The maximum atomic E-state index is 8.98. The molecule has 0 fully saturated rings. The molecule has 0 amide bonds. The molecule has 0 bridgehead atoms. The summed E-state index contributed by atoms with van der Waals surface area (Å²) in [6, 6.07) is 5.72. The summed E-state index contributed by atoms with van der Waals surface area (Å²) in [7, 11) is 0. The van der Waals surface area contributed by atoms with Crippen molar-refractivity contribution in [1.29, 1.82) is 0 Å². The Morgan fingerprint density at radius 3 is 1.60 bits per heavy atom. The minimum Gasteiger partial charge on any atom is -0.265 e. The zero-order chi connectivity index (χ0) is 7.82. The van der Waals surface area contributed by atoms with Gasteiger partial charge in [-0.3, -0.25) is 9.78 Å². The van der Waals surface area contributed by atoms with E-state index in [0.717, 1.165) is 0 Å². The van der Waals surface area contributed by atoms with Crippen LogP contribution in [-0.2, 0) is 0 Å². The fourth-order valence-corrected chi connectivity index (χ4v) is 0.313. The van der Waals surface area contributed by atoms with Gasteiger partial charge in [-0.25, -0.2) is 0 Å². The van der Waals surface area contributed by atoms with Crippen LogP contribution in [0.15, 0.2) is 30.6 Å². The number of halogens is 2. The predicted octanol–water partition coefficient (Wildman–Crippen LogP) is 2.67. The molecule has 0 aliphatic carbocycles. The SMILES string of the molecule is O=C(Cl)Cl.c1ccncc1. The highest BCUT2D eigenvalue weighted by atomic mass is 35.5. The average Bonchev–Trinajstić information content (AvgIpc) is 1.90. The molecule has 4 heteroatoms. The maximum Gasteiger partial charge on any atom is 0.313 e. The summed E-state index contributed by atoms with van der Waals surface area (Å²) in [6.07, 6.45) is 3.50. The van der Waals surface area contributed by atoms with Gasteiger partial charge in [-0.2, -0.15) is 0 Å². The van der Waals surface area contributed by atoms with Crippen molar-refractivity contribution in [3.8, 4) is 0 Å².